The maximum atomic E-state index is 14.2. The highest BCUT2D eigenvalue weighted by Gasteiger charge is 2.28. The number of aryl methyl sites for hydroxylation is 4. The summed E-state index contributed by atoms with van der Waals surface area (Å²) in [6, 6.07) is 74.5. The fraction of sp³-hybridized carbons (Fsp3) is 0.133. The molecule has 0 aliphatic carbocycles. The van der Waals surface area contributed by atoms with Crippen LogP contribution in [-0.2, 0) is 0 Å². The number of benzene rings is 8. The summed E-state index contributed by atoms with van der Waals surface area (Å²) in [7, 11) is 4.67. The van der Waals surface area contributed by atoms with Gasteiger partial charge in [-0.1, -0.05) is 146 Å². The molecule has 147 heavy (non-hydrogen) atoms. The number of nitrogen functional groups attached to an aromatic ring is 1. The molecule has 6 N–H and O–H groups in total. The molecule has 0 aliphatic heterocycles. The first-order valence-corrected chi connectivity index (χ1v) is 46.3. The Morgan fingerprint density at radius 3 is 0.939 bits per heavy atom. The van der Waals surface area contributed by atoms with Crippen molar-refractivity contribution in [2.75, 3.05) is 48.3 Å². The molecular weight excluding hydrogens is 1850 g/mol. The Hall–Kier alpha value is -20.3. The molecule has 0 spiro atoms. The van der Waals surface area contributed by atoms with Crippen molar-refractivity contribution in [1.29, 1.82) is 0 Å². The molecule has 34 nitrogen and oxygen atoms in total. The highest BCUT2D eigenvalue weighted by molar-refractivity contribution is 6.00. The standard InChI is InChI=1S/C29H24N6O2.2C28H23N7O2.C28H23N7O/c1-18(33-28-25(30-3)17-31-19(2)34-28)26-15-20-9-8-12-23(24-14-13-22(37-4)16-32-24)27(20)29(36)35(26)21-10-6-5-7-11-21;1-17(33-27-23(29-3)16-30-18(2)34-27)24-13-19-9-8-12-22(26-31-14-21(37-4)15-32-26)25(19)28(36)35(24)20-10-6-5-7-11-20;1-17(33-27-23(29-3)15-30-18(2)34-27)24-13-19-9-8-12-21(22-14-32-25(37-4)16-31-22)26(19)28(36)35(24)20-10-6-5-7-11-20;1-17(33-27-23(30-3)16-32-18(2)34-27)24-14-20-8-7-11-22(19-12-13-31-25(29)15-19)26(20)28(36)35(24)21-9-5-4-6-10-21/h5-18H,1-2,4H3,(H,31,33,34);2*5-17H,1-2,4H3,(H,30,33,34);4-17H,1-2H3,(H2,29,31)(H,32,33,34)/t18-;3*17-/m0000/s1. The van der Waals surface area contributed by atoms with Gasteiger partial charge in [0.25, 0.3) is 22.2 Å². The maximum absolute atomic E-state index is 14.2. The summed E-state index contributed by atoms with van der Waals surface area (Å²) in [5.41, 5.74) is 17.2. The van der Waals surface area contributed by atoms with E-state index in [-0.39, 0.29) is 46.4 Å². The molecule has 0 aliphatic rings. The molecular formula is C113H93N27O7. The fourth-order valence-electron chi connectivity index (χ4n) is 17.2. The summed E-state index contributed by atoms with van der Waals surface area (Å²) in [5, 5.41) is 18.6. The number of fused-ring (bicyclic) bond motifs is 4. The van der Waals surface area contributed by atoms with Crippen LogP contribution < -0.4 is 63.4 Å². The summed E-state index contributed by atoms with van der Waals surface area (Å²) in [5.74, 6) is 6.29. The number of para-hydroxylation sites is 4. The van der Waals surface area contributed by atoms with Crippen LogP contribution in [0.3, 0.4) is 0 Å². The Labute approximate surface area is 843 Å². The van der Waals surface area contributed by atoms with Crippen molar-refractivity contribution in [3.63, 3.8) is 0 Å². The van der Waals surface area contributed by atoms with E-state index < -0.39 is 0 Å². The third-order valence-electron chi connectivity index (χ3n) is 24.1. The summed E-state index contributed by atoms with van der Waals surface area (Å²) in [6.07, 6.45) is 15.6. The third kappa shape index (κ3) is 21.1. The predicted molar refractivity (Wildman–Crippen MR) is 571 cm³/mol. The lowest BCUT2D eigenvalue weighted by Crippen LogP contribution is -2.26. The molecule has 722 valence electrons. The molecule has 0 saturated heterocycles. The van der Waals surface area contributed by atoms with Crippen LogP contribution in [0.4, 0.5) is 51.8 Å². The predicted octanol–water partition coefficient (Wildman–Crippen LogP) is 21.9. The van der Waals surface area contributed by atoms with Crippen molar-refractivity contribution >= 4 is 94.9 Å². The van der Waals surface area contributed by atoms with Crippen molar-refractivity contribution < 1.29 is 14.2 Å². The SMILES string of the molecule is [C-]#[N+]c1cnc(C)nc1N[C@@H](C)c1cc2cccc(-c3ccc(OC)cn3)c2c(=O)n1-c1ccccc1.[C-]#[N+]c1cnc(C)nc1N[C@@H](C)c1cc2cccc(-c3ccnc(N)c3)c2c(=O)n1-c1ccccc1.[C-]#[N+]c1cnc(C)nc1N[C@@H](C)c1cc2cccc(-c3cnc(OC)cn3)c2c(=O)n1-c1ccccc1.[C-]#[N+]c1cnc(C)nc1N[C@@H](C)c1cc2cccc(-c3ncc(OC)cn3)c2c(=O)n1-c1ccccc1. The third-order valence-corrected chi connectivity index (χ3v) is 24.1. The zero-order chi connectivity index (χ0) is 103. The van der Waals surface area contributed by atoms with Gasteiger partial charge in [-0.05, 0) is 185 Å². The normalized spacial score (nSPS) is 11.6. The van der Waals surface area contributed by atoms with Gasteiger partial charge in [-0.2, -0.15) is 0 Å². The van der Waals surface area contributed by atoms with Gasteiger partial charge in [0, 0.05) is 93.2 Å². The van der Waals surface area contributed by atoms with E-state index >= 15 is 0 Å². The first-order chi connectivity index (χ1) is 71.4. The van der Waals surface area contributed by atoms with Crippen molar-refractivity contribution in [3.05, 3.63) is 438 Å². The van der Waals surface area contributed by atoms with E-state index in [9.17, 15) is 19.2 Å². The Kier molecular flexibility index (Phi) is 29.5. The Morgan fingerprint density at radius 1 is 0.306 bits per heavy atom. The zero-order valence-corrected chi connectivity index (χ0v) is 81.5. The molecule has 12 heterocycles. The van der Waals surface area contributed by atoms with Gasteiger partial charge in [0.2, 0.25) is 28.6 Å². The minimum Gasteiger partial charge on any atom is -0.495 e. The lowest BCUT2D eigenvalue weighted by Gasteiger charge is -2.22. The number of ether oxygens (including phenoxy) is 3. The molecule has 12 aromatic heterocycles. The van der Waals surface area contributed by atoms with Crippen LogP contribution in [0.2, 0.25) is 0 Å². The number of anilines is 5. The Bertz CT molecular complexity index is 8190. The number of aromatic nitrogens is 18. The monoisotopic (exact) mass is 1940 g/mol. The van der Waals surface area contributed by atoms with E-state index in [4.69, 9.17) is 46.2 Å². The highest BCUT2D eigenvalue weighted by Crippen LogP contribution is 2.39. The number of methoxy groups -OCH3 is 3. The number of nitrogens with zero attached hydrogens (tertiary/aromatic N) is 22. The van der Waals surface area contributed by atoms with Crippen LogP contribution in [-0.4, -0.2) is 109 Å². The highest BCUT2D eigenvalue weighted by atomic mass is 16.5. The smallest absolute Gasteiger partial charge is 0.264 e. The van der Waals surface area contributed by atoms with Gasteiger partial charge in [0.05, 0.1) is 136 Å². The lowest BCUT2D eigenvalue weighted by molar-refractivity contribution is 0.396. The lowest BCUT2D eigenvalue weighted by atomic mass is 9.98. The quantitative estimate of drug-likeness (QED) is 0.0371. The van der Waals surface area contributed by atoms with E-state index in [0.717, 1.165) is 66.7 Å². The van der Waals surface area contributed by atoms with Crippen LogP contribution in [0.5, 0.6) is 17.4 Å². The molecule has 0 unspecified atom stereocenters. The summed E-state index contributed by atoms with van der Waals surface area (Å²) in [6.45, 7) is 44.8. The molecule has 34 heteroatoms. The van der Waals surface area contributed by atoms with Gasteiger partial charge >= 0.3 is 0 Å². The van der Waals surface area contributed by atoms with E-state index in [2.05, 4.69) is 110 Å². The van der Waals surface area contributed by atoms with Gasteiger partial charge in [0.15, 0.2) is 11.6 Å². The van der Waals surface area contributed by atoms with Gasteiger partial charge in [-0.15, -0.1) is 0 Å². The minimum atomic E-state index is -0.368. The number of nitrogens with two attached hydrogens (primary N) is 1. The molecule has 0 radical (unpaired) electrons. The van der Waals surface area contributed by atoms with Crippen LogP contribution in [0, 0.1) is 54.0 Å². The fourth-order valence-corrected chi connectivity index (χ4v) is 17.2. The second-order valence-corrected chi connectivity index (χ2v) is 33.7. The average molecular weight is 1940 g/mol. The Balaban J connectivity index is 0.000000134. The van der Waals surface area contributed by atoms with Gasteiger partial charge in [-0.3, -0.25) is 62.4 Å². The van der Waals surface area contributed by atoms with E-state index in [1.807, 2.05) is 264 Å². The first-order valence-electron chi connectivity index (χ1n) is 46.3. The number of rotatable bonds is 23. The largest absolute Gasteiger partial charge is 0.495 e. The second kappa shape index (κ2) is 44.1. The zero-order valence-electron chi connectivity index (χ0n) is 81.5. The first kappa shape index (κ1) is 98.3. The molecule has 20 aromatic rings. The van der Waals surface area contributed by atoms with Crippen LogP contribution >= 0.6 is 0 Å². The molecule has 0 saturated carbocycles. The summed E-state index contributed by atoms with van der Waals surface area (Å²) in [4.78, 5) is 131. The summed E-state index contributed by atoms with van der Waals surface area (Å²) < 4.78 is 22.3. The van der Waals surface area contributed by atoms with Crippen molar-refractivity contribution in [2.45, 2.75) is 79.6 Å². The van der Waals surface area contributed by atoms with Crippen molar-refractivity contribution in [1.82, 2.24) is 88.0 Å². The van der Waals surface area contributed by atoms with E-state index in [1.165, 1.54) is 38.1 Å². The van der Waals surface area contributed by atoms with E-state index in [0.29, 0.717) is 159 Å². The van der Waals surface area contributed by atoms with Crippen LogP contribution in [0.1, 0.15) is 97.9 Å². The minimum absolute atomic E-state index is 0.155. The molecule has 0 fully saturated rings. The van der Waals surface area contributed by atoms with Crippen molar-refractivity contribution in [3.8, 4) is 85.2 Å². The average Bonchev–Trinajstić information content (AvgIpc) is 0.759. The van der Waals surface area contributed by atoms with E-state index in [1.54, 1.807) is 97.2 Å². The number of hydrogen-bond acceptors (Lipinski definition) is 26. The molecule has 0 bridgehead atoms. The van der Waals surface area contributed by atoms with Gasteiger partial charge in [-0.25, -0.2) is 64.2 Å². The number of nitrogens with one attached hydrogen (secondary N) is 4. The molecule has 4 atom stereocenters. The Morgan fingerprint density at radius 2 is 0.626 bits per heavy atom. The maximum Gasteiger partial charge on any atom is 0.264 e. The second-order valence-electron chi connectivity index (χ2n) is 33.7. The van der Waals surface area contributed by atoms with Crippen LogP contribution in [0.25, 0.3) is 130 Å². The topological polar surface area (TPSA) is 388 Å². The summed E-state index contributed by atoms with van der Waals surface area (Å²) >= 11 is 0. The number of pyridine rings is 6. The molecule has 8 aromatic carbocycles. The van der Waals surface area contributed by atoms with Crippen molar-refractivity contribution in [2.24, 2.45) is 0 Å². The number of hydrogen-bond donors (Lipinski definition) is 5. The molecule has 0 amide bonds. The van der Waals surface area contributed by atoms with Gasteiger partial charge in [0.1, 0.15) is 58.1 Å². The van der Waals surface area contributed by atoms with Crippen LogP contribution in [0.15, 0.2) is 324 Å². The van der Waals surface area contributed by atoms with Gasteiger partial charge < -0.3 is 41.2 Å². The molecule has 20 rings (SSSR count).